The zero-order chi connectivity index (χ0) is 25.5. The van der Waals surface area contributed by atoms with Crippen LogP contribution in [0.4, 0.5) is 5.69 Å². The van der Waals surface area contributed by atoms with E-state index in [0.29, 0.717) is 11.1 Å². The number of hydrogen-bond donors (Lipinski definition) is 2. The van der Waals surface area contributed by atoms with E-state index in [4.69, 9.17) is 16.2 Å². The highest BCUT2D eigenvalue weighted by Crippen LogP contribution is 2.42. The Kier molecular flexibility index (Phi) is 7.22. The molecule has 3 heterocycles. The fourth-order valence-electron chi connectivity index (χ4n) is 5.81. The molecule has 0 aromatic heterocycles. The topological polar surface area (TPSA) is 122 Å². The van der Waals surface area contributed by atoms with Gasteiger partial charge in [0.05, 0.1) is 12.0 Å². The molecule has 3 aliphatic heterocycles. The largest absolute Gasteiger partial charge is 0.369 e. The van der Waals surface area contributed by atoms with Crippen molar-refractivity contribution in [3.63, 3.8) is 0 Å². The predicted octanol–water partition coefficient (Wildman–Crippen LogP) is 0.953. The summed E-state index contributed by atoms with van der Waals surface area (Å²) >= 11 is 0. The second-order valence-corrected chi connectivity index (χ2v) is 11.1. The maximum Gasteiger partial charge on any atom is 0.249 e. The standard InChI is InChI=1S/C26H39N5O4/c1-5-8-29-9-11-30(12-10-29)16-6-7-17(24(28)33)18(13-16)21(26(2,3)4)25(34)31-14-19(27)23-22(31)20(32)15-35-23/h6-7,13,19,21-23H,5,8-12,14-15,27H2,1-4H3,(H2,28,33)/t19-,21+,22-,23-/m1/s1. The van der Waals surface area contributed by atoms with Crippen LogP contribution in [0.1, 0.15) is 56.0 Å². The van der Waals surface area contributed by atoms with Crippen LogP contribution in [-0.4, -0.2) is 91.5 Å². The lowest BCUT2D eigenvalue weighted by atomic mass is 9.73. The number of rotatable bonds is 6. The summed E-state index contributed by atoms with van der Waals surface area (Å²) in [6.07, 6.45) is 0.649. The maximum atomic E-state index is 14.1. The van der Waals surface area contributed by atoms with E-state index >= 15 is 0 Å². The Bertz CT molecular complexity index is 982. The number of Topliss-reactive ketones (excluding diaryl/α,β-unsaturated/α-hetero) is 1. The van der Waals surface area contributed by atoms with Crippen molar-refractivity contribution in [3.05, 3.63) is 29.3 Å². The smallest absolute Gasteiger partial charge is 0.249 e. The number of carbonyl (C=O) groups excluding carboxylic acids is 3. The number of nitrogens with zero attached hydrogens (tertiary/aromatic N) is 3. The van der Waals surface area contributed by atoms with E-state index in [0.717, 1.165) is 44.8 Å². The fourth-order valence-corrected chi connectivity index (χ4v) is 5.81. The number of fused-ring (bicyclic) bond motifs is 1. The van der Waals surface area contributed by atoms with Gasteiger partial charge < -0.3 is 26.0 Å². The fraction of sp³-hybridized carbons (Fsp3) is 0.654. The summed E-state index contributed by atoms with van der Waals surface area (Å²) in [6.45, 7) is 13.1. The van der Waals surface area contributed by atoms with E-state index in [1.54, 1.807) is 11.0 Å². The molecule has 0 spiro atoms. The number of nitrogens with two attached hydrogens (primary N) is 2. The highest BCUT2D eigenvalue weighted by Gasteiger charge is 2.53. The first-order chi connectivity index (χ1) is 16.5. The van der Waals surface area contributed by atoms with Gasteiger partial charge in [0, 0.05) is 44.0 Å². The highest BCUT2D eigenvalue weighted by atomic mass is 16.5. The number of benzene rings is 1. The van der Waals surface area contributed by atoms with Crippen molar-refractivity contribution in [2.24, 2.45) is 16.9 Å². The van der Waals surface area contributed by atoms with Gasteiger partial charge in [-0.25, -0.2) is 0 Å². The molecule has 0 aliphatic carbocycles. The zero-order valence-electron chi connectivity index (χ0n) is 21.3. The van der Waals surface area contributed by atoms with Crippen LogP contribution in [0.5, 0.6) is 0 Å². The quantitative estimate of drug-likeness (QED) is 0.615. The number of carbonyl (C=O) groups is 3. The van der Waals surface area contributed by atoms with Crippen LogP contribution < -0.4 is 16.4 Å². The number of piperazine rings is 1. The van der Waals surface area contributed by atoms with Crippen molar-refractivity contribution in [3.8, 4) is 0 Å². The van der Waals surface area contributed by atoms with E-state index < -0.39 is 35.4 Å². The average Bonchev–Trinajstić information content (AvgIpc) is 3.34. The molecule has 9 nitrogen and oxygen atoms in total. The third-order valence-electron chi connectivity index (χ3n) is 7.51. The lowest BCUT2D eigenvalue weighted by Gasteiger charge is -2.38. The third kappa shape index (κ3) is 4.94. The maximum absolute atomic E-state index is 14.1. The van der Waals surface area contributed by atoms with Gasteiger partial charge >= 0.3 is 0 Å². The summed E-state index contributed by atoms with van der Waals surface area (Å²) in [5, 5.41) is 0. The molecule has 3 fully saturated rings. The lowest BCUT2D eigenvalue weighted by molar-refractivity contribution is -0.139. The molecular weight excluding hydrogens is 446 g/mol. The van der Waals surface area contributed by atoms with Gasteiger partial charge in [-0.1, -0.05) is 27.7 Å². The number of ether oxygens (including phenoxy) is 1. The summed E-state index contributed by atoms with van der Waals surface area (Å²) in [5.41, 5.74) is 13.4. The molecule has 0 unspecified atom stereocenters. The minimum Gasteiger partial charge on any atom is -0.369 e. The number of likely N-dealkylation sites (tertiary alicyclic amines) is 1. The monoisotopic (exact) mass is 485 g/mol. The van der Waals surface area contributed by atoms with Crippen LogP contribution in [0.2, 0.25) is 0 Å². The van der Waals surface area contributed by atoms with Gasteiger partial charge in [0.15, 0.2) is 5.78 Å². The Balaban J connectivity index is 1.70. The molecule has 4 atom stereocenters. The van der Waals surface area contributed by atoms with Crippen molar-refractivity contribution < 1.29 is 19.1 Å². The molecule has 35 heavy (non-hydrogen) atoms. The van der Waals surface area contributed by atoms with Crippen LogP contribution in [0, 0.1) is 5.41 Å². The van der Waals surface area contributed by atoms with Crippen molar-refractivity contribution in [2.75, 3.05) is 50.8 Å². The molecule has 0 saturated carbocycles. The molecule has 3 saturated heterocycles. The van der Waals surface area contributed by atoms with Gasteiger partial charge in [0.2, 0.25) is 11.8 Å². The number of hydrogen-bond acceptors (Lipinski definition) is 7. The Morgan fingerprint density at radius 2 is 1.86 bits per heavy atom. The number of anilines is 1. The number of amides is 2. The van der Waals surface area contributed by atoms with Crippen molar-refractivity contribution in [2.45, 2.75) is 58.2 Å². The van der Waals surface area contributed by atoms with Gasteiger partial charge in [-0.15, -0.1) is 0 Å². The van der Waals surface area contributed by atoms with E-state index in [1.807, 2.05) is 32.9 Å². The minimum atomic E-state index is -0.675. The molecule has 1 aromatic rings. The van der Waals surface area contributed by atoms with Crippen LogP contribution >= 0.6 is 0 Å². The predicted molar refractivity (Wildman–Crippen MR) is 134 cm³/mol. The molecule has 1 aromatic carbocycles. The van der Waals surface area contributed by atoms with Gasteiger partial charge in [0.1, 0.15) is 18.8 Å². The SMILES string of the molecule is CCCN1CCN(c2ccc(C(N)=O)c([C@@H](C(=O)N3C[C@@H](N)[C@H]4OCC(=O)[C@H]43)C(C)(C)C)c2)CC1. The first-order valence-corrected chi connectivity index (χ1v) is 12.6. The molecule has 192 valence electrons. The van der Waals surface area contributed by atoms with Crippen LogP contribution in [0.25, 0.3) is 0 Å². The third-order valence-corrected chi connectivity index (χ3v) is 7.51. The average molecular weight is 486 g/mol. The number of primary amides is 1. The van der Waals surface area contributed by atoms with Crippen molar-refractivity contribution in [1.82, 2.24) is 9.80 Å². The first-order valence-electron chi connectivity index (χ1n) is 12.6. The van der Waals surface area contributed by atoms with Gasteiger partial charge in [-0.05, 0) is 42.1 Å². The summed E-state index contributed by atoms with van der Waals surface area (Å²) in [5.74, 6) is -1.59. The van der Waals surface area contributed by atoms with E-state index in [-0.39, 0.29) is 24.8 Å². The lowest BCUT2D eigenvalue weighted by Crippen LogP contribution is -2.47. The summed E-state index contributed by atoms with van der Waals surface area (Å²) < 4.78 is 5.59. The Labute approximate surface area is 207 Å². The van der Waals surface area contributed by atoms with Crippen molar-refractivity contribution in [1.29, 1.82) is 0 Å². The summed E-state index contributed by atoms with van der Waals surface area (Å²) in [7, 11) is 0. The highest BCUT2D eigenvalue weighted by molar-refractivity contribution is 5.99. The van der Waals surface area contributed by atoms with E-state index in [9.17, 15) is 14.4 Å². The number of ketones is 1. The van der Waals surface area contributed by atoms with Crippen LogP contribution in [-0.2, 0) is 14.3 Å². The van der Waals surface area contributed by atoms with E-state index in [2.05, 4.69) is 16.7 Å². The zero-order valence-corrected chi connectivity index (χ0v) is 21.3. The summed E-state index contributed by atoms with van der Waals surface area (Å²) in [6, 6.07) is 4.51. The van der Waals surface area contributed by atoms with Gasteiger partial charge in [0.25, 0.3) is 0 Å². The Morgan fingerprint density at radius 1 is 1.17 bits per heavy atom. The summed E-state index contributed by atoms with van der Waals surface area (Å²) in [4.78, 5) is 45.4. The van der Waals surface area contributed by atoms with Gasteiger partial charge in [-0.2, -0.15) is 0 Å². The first kappa shape index (κ1) is 25.6. The second-order valence-electron chi connectivity index (χ2n) is 11.1. The second kappa shape index (κ2) is 9.87. The normalized spacial score (nSPS) is 26.2. The van der Waals surface area contributed by atoms with Crippen molar-refractivity contribution >= 4 is 23.3 Å². The molecule has 4 N–H and O–H groups in total. The van der Waals surface area contributed by atoms with Crippen LogP contribution in [0.15, 0.2) is 18.2 Å². The van der Waals surface area contributed by atoms with E-state index in [1.165, 1.54) is 0 Å². The van der Waals surface area contributed by atoms with Gasteiger partial charge in [-0.3, -0.25) is 19.3 Å². The molecule has 3 aliphatic rings. The molecule has 0 radical (unpaired) electrons. The Hall–Kier alpha value is -2.49. The molecule has 9 heteroatoms. The Morgan fingerprint density at radius 3 is 2.46 bits per heavy atom. The molecular formula is C26H39N5O4. The molecule has 0 bridgehead atoms. The minimum absolute atomic E-state index is 0.0287. The molecule has 2 amide bonds. The molecule has 4 rings (SSSR count). The van der Waals surface area contributed by atoms with Crippen LogP contribution in [0.3, 0.4) is 0 Å².